The Labute approximate surface area is 104 Å². The minimum atomic E-state index is 0. The molecule has 3 nitrogen and oxygen atoms in total. The second-order valence-electron chi connectivity index (χ2n) is 4.53. The van der Waals surface area contributed by atoms with E-state index in [1.54, 1.807) is 0 Å². The molecule has 100 valence electrons. The van der Waals surface area contributed by atoms with Gasteiger partial charge in [-0.25, -0.2) is 0 Å². The Morgan fingerprint density at radius 1 is 1.25 bits per heavy atom. The molecule has 0 aromatic carbocycles. The zero-order valence-corrected chi connectivity index (χ0v) is 11.1. The van der Waals surface area contributed by atoms with Gasteiger partial charge in [0.1, 0.15) is 0 Å². The molecule has 0 aromatic rings. The van der Waals surface area contributed by atoms with Crippen LogP contribution >= 0.6 is 0 Å². The summed E-state index contributed by atoms with van der Waals surface area (Å²) in [7, 11) is 0. The number of rotatable bonds is 11. The van der Waals surface area contributed by atoms with E-state index in [4.69, 9.17) is 4.74 Å². The average molecular weight is 232 g/mol. The summed E-state index contributed by atoms with van der Waals surface area (Å²) >= 11 is 0. The van der Waals surface area contributed by atoms with E-state index in [1.807, 2.05) is 0 Å². The standard InChI is InChI=1S/C13H28N2O.2H2/c1-12(2)6-5-10-16-11-9-14-7-8-15-13(3)4;;/h13-15H,1,5-11H2,2-4H3;2*1H. The van der Waals surface area contributed by atoms with Gasteiger partial charge in [-0.2, -0.15) is 0 Å². The van der Waals surface area contributed by atoms with Gasteiger partial charge < -0.3 is 15.4 Å². The minimum absolute atomic E-state index is 0. The molecule has 0 amide bonds. The lowest BCUT2D eigenvalue weighted by Crippen LogP contribution is -2.33. The summed E-state index contributed by atoms with van der Waals surface area (Å²) in [5.41, 5.74) is 1.24. The lowest BCUT2D eigenvalue weighted by atomic mass is 10.2. The number of hydrogen-bond acceptors (Lipinski definition) is 3. The van der Waals surface area contributed by atoms with Crippen molar-refractivity contribution in [2.45, 2.75) is 39.7 Å². The van der Waals surface area contributed by atoms with Crippen molar-refractivity contribution >= 4 is 0 Å². The highest BCUT2D eigenvalue weighted by molar-refractivity contribution is 4.86. The van der Waals surface area contributed by atoms with Crippen LogP contribution in [0.3, 0.4) is 0 Å². The Bertz CT molecular complexity index is 178. The van der Waals surface area contributed by atoms with Crippen molar-refractivity contribution in [3.05, 3.63) is 12.2 Å². The van der Waals surface area contributed by atoms with Crippen molar-refractivity contribution in [2.24, 2.45) is 0 Å². The van der Waals surface area contributed by atoms with E-state index >= 15 is 0 Å². The molecule has 0 fully saturated rings. The molecule has 0 aliphatic rings. The fourth-order valence-corrected chi connectivity index (χ4v) is 1.30. The molecule has 0 heterocycles. The van der Waals surface area contributed by atoms with Crippen molar-refractivity contribution in [3.63, 3.8) is 0 Å². The smallest absolute Gasteiger partial charge is 0.0590 e. The van der Waals surface area contributed by atoms with Gasteiger partial charge in [0.2, 0.25) is 0 Å². The fourth-order valence-electron chi connectivity index (χ4n) is 1.30. The van der Waals surface area contributed by atoms with Gasteiger partial charge in [0.25, 0.3) is 0 Å². The lowest BCUT2D eigenvalue weighted by molar-refractivity contribution is 0.134. The van der Waals surface area contributed by atoms with Gasteiger partial charge in [-0.15, -0.1) is 6.58 Å². The SMILES string of the molecule is C=C(C)CCCOCCNCCNC(C)C.[HH].[HH]. The number of allylic oxidation sites excluding steroid dienone is 1. The maximum Gasteiger partial charge on any atom is 0.0590 e. The van der Waals surface area contributed by atoms with Crippen LogP contribution in [0.25, 0.3) is 0 Å². The fraction of sp³-hybridized carbons (Fsp3) is 0.846. The van der Waals surface area contributed by atoms with Crippen molar-refractivity contribution < 1.29 is 7.59 Å². The van der Waals surface area contributed by atoms with Crippen LogP contribution in [-0.2, 0) is 4.74 Å². The third kappa shape index (κ3) is 13.6. The molecule has 0 spiro atoms. The minimum Gasteiger partial charge on any atom is -0.380 e. The van der Waals surface area contributed by atoms with E-state index in [2.05, 4.69) is 38.0 Å². The molecular formula is C13H32N2O. The summed E-state index contributed by atoms with van der Waals surface area (Å²) in [6.45, 7) is 14.9. The first-order valence-corrected chi connectivity index (χ1v) is 6.29. The van der Waals surface area contributed by atoms with Gasteiger partial charge in [-0.1, -0.05) is 19.4 Å². The predicted molar refractivity (Wildman–Crippen MR) is 75.1 cm³/mol. The number of hydrogen-bond donors (Lipinski definition) is 2. The Balaban J connectivity index is -0.00000112. The molecule has 0 bridgehead atoms. The second kappa shape index (κ2) is 11.1. The van der Waals surface area contributed by atoms with E-state index < -0.39 is 0 Å². The second-order valence-corrected chi connectivity index (χ2v) is 4.53. The van der Waals surface area contributed by atoms with Gasteiger partial charge in [0, 0.05) is 35.1 Å². The van der Waals surface area contributed by atoms with Crippen LogP contribution in [0.5, 0.6) is 0 Å². The summed E-state index contributed by atoms with van der Waals surface area (Å²) in [5.74, 6) is 0. The molecular weight excluding hydrogens is 200 g/mol. The average Bonchev–Trinajstić information content (AvgIpc) is 2.20. The summed E-state index contributed by atoms with van der Waals surface area (Å²) in [6.07, 6.45) is 2.16. The molecule has 0 rings (SSSR count). The monoisotopic (exact) mass is 232 g/mol. The molecule has 0 saturated carbocycles. The largest absolute Gasteiger partial charge is 0.380 e. The number of nitrogens with one attached hydrogen (secondary N) is 2. The first-order valence-electron chi connectivity index (χ1n) is 6.29. The quantitative estimate of drug-likeness (QED) is 0.424. The molecule has 0 aliphatic carbocycles. The lowest BCUT2D eigenvalue weighted by Gasteiger charge is -2.09. The van der Waals surface area contributed by atoms with Crippen LogP contribution in [0.15, 0.2) is 12.2 Å². The maximum absolute atomic E-state index is 5.49. The van der Waals surface area contributed by atoms with Crippen LogP contribution in [0, 0.1) is 0 Å². The van der Waals surface area contributed by atoms with Gasteiger partial charge in [-0.3, -0.25) is 0 Å². The van der Waals surface area contributed by atoms with Crippen molar-refractivity contribution in [2.75, 3.05) is 32.8 Å². The summed E-state index contributed by atoms with van der Waals surface area (Å²) in [6, 6.07) is 0.570. The first kappa shape index (κ1) is 15.6. The van der Waals surface area contributed by atoms with Crippen LogP contribution in [0.4, 0.5) is 0 Å². The zero-order valence-electron chi connectivity index (χ0n) is 11.1. The summed E-state index contributed by atoms with van der Waals surface area (Å²) < 4.78 is 5.49. The Morgan fingerprint density at radius 3 is 2.62 bits per heavy atom. The first-order chi connectivity index (χ1) is 7.63. The molecule has 0 aromatic heterocycles. The van der Waals surface area contributed by atoms with E-state index in [9.17, 15) is 0 Å². The predicted octanol–water partition coefficient (Wildman–Crippen LogP) is 2.44. The zero-order chi connectivity index (χ0) is 12.2. The Kier molecular flexibility index (Phi) is 10.9. The van der Waals surface area contributed by atoms with Crippen molar-refractivity contribution in [1.29, 1.82) is 0 Å². The van der Waals surface area contributed by atoms with E-state index in [1.165, 1.54) is 5.57 Å². The van der Waals surface area contributed by atoms with E-state index in [-0.39, 0.29) is 2.85 Å². The van der Waals surface area contributed by atoms with Crippen LogP contribution < -0.4 is 10.6 Å². The molecule has 0 radical (unpaired) electrons. The normalized spacial score (nSPS) is 11.0. The van der Waals surface area contributed by atoms with Gasteiger partial charge in [0.15, 0.2) is 0 Å². The molecule has 0 unspecified atom stereocenters. The Hall–Kier alpha value is -0.380. The molecule has 0 aliphatic heterocycles. The van der Waals surface area contributed by atoms with E-state index in [0.29, 0.717) is 6.04 Å². The highest BCUT2D eigenvalue weighted by atomic mass is 16.5. The van der Waals surface area contributed by atoms with Gasteiger partial charge in [0.05, 0.1) is 6.61 Å². The van der Waals surface area contributed by atoms with Crippen LogP contribution in [-0.4, -0.2) is 38.9 Å². The van der Waals surface area contributed by atoms with Crippen molar-refractivity contribution in [3.8, 4) is 0 Å². The van der Waals surface area contributed by atoms with E-state index in [0.717, 1.165) is 45.7 Å². The van der Waals surface area contributed by atoms with Crippen molar-refractivity contribution in [1.82, 2.24) is 10.6 Å². The van der Waals surface area contributed by atoms with Gasteiger partial charge in [-0.05, 0) is 19.8 Å². The maximum atomic E-state index is 5.49. The van der Waals surface area contributed by atoms with Crippen LogP contribution in [0.1, 0.15) is 36.5 Å². The topological polar surface area (TPSA) is 33.3 Å². The third-order valence-corrected chi connectivity index (χ3v) is 2.17. The third-order valence-electron chi connectivity index (χ3n) is 2.17. The van der Waals surface area contributed by atoms with Gasteiger partial charge >= 0.3 is 0 Å². The van der Waals surface area contributed by atoms with Crippen LogP contribution in [0.2, 0.25) is 0 Å². The highest BCUT2D eigenvalue weighted by Crippen LogP contribution is 1.99. The summed E-state index contributed by atoms with van der Waals surface area (Å²) in [4.78, 5) is 0. The molecule has 3 heteroatoms. The molecule has 16 heavy (non-hydrogen) atoms. The molecule has 0 atom stereocenters. The number of ether oxygens (including phenoxy) is 1. The Morgan fingerprint density at radius 2 is 2.00 bits per heavy atom. The highest BCUT2D eigenvalue weighted by Gasteiger charge is 1.92. The molecule has 0 saturated heterocycles. The molecule has 2 N–H and O–H groups in total. The summed E-state index contributed by atoms with van der Waals surface area (Å²) in [5, 5.41) is 6.69.